The van der Waals surface area contributed by atoms with Crippen LogP contribution in [0.5, 0.6) is 0 Å². The Hall–Kier alpha value is -1.89. The number of rotatable bonds is 1. The third-order valence-corrected chi connectivity index (χ3v) is 1.80. The first-order chi connectivity index (χ1) is 6.29. The number of imidazole rings is 1. The minimum atomic E-state index is -0.593. The fraction of sp³-hybridized carbons (Fsp3) is 0.111. The minimum absolute atomic E-state index is 0.330. The van der Waals surface area contributed by atoms with Crippen LogP contribution in [0.1, 0.15) is 5.56 Å². The van der Waals surface area contributed by atoms with E-state index in [4.69, 9.17) is 5.26 Å². The topological polar surface area (TPSA) is 52.5 Å². The molecule has 0 amide bonds. The molecule has 0 fully saturated rings. The van der Waals surface area contributed by atoms with Gasteiger partial charge in [-0.25, -0.2) is 4.98 Å². The molecule has 1 aromatic carbocycles. The van der Waals surface area contributed by atoms with E-state index < -0.39 is 6.08 Å². The van der Waals surface area contributed by atoms with Crippen molar-refractivity contribution in [1.29, 1.82) is 5.26 Å². The number of aromatic amines is 1. The van der Waals surface area contributed by atoms with Crippen LogP contribution >= 0.6 is 0 Å². The Kier molecular flexibility index (Phi) is 1.71. The van der Waals surface area contributed by atoms with E-state index >= 15 is 0 Å². The zero-order valence-electron chi connectivity index (χ0n) is 6.71. The van der Waals surface area contributed by atoms with Gasteiger partial charge in [-0.1, -0.05) is 6.07 Å². The van der Waals surface area contributed by atoms with Gasteiger partial charge in [-0.05, 0) is 17.7 Å². The van der Waals surface area contributed by atoms with E-state index in [0.29, 0.717) is 17.5 Å². The molecular weight excluding hydrogens is 169 g/mol. The highest BCUT2D eigenvalue weighted by Crippen LogP contribution is 2.13. The second-order valence-electron chi connectivity index (χ2n) is 2.71. The van der Waals surface area contributed by atoms with E-state index in [0.717, 1.165) is 5.56 Å². The molecule has 0 saturated carbocycles. The normalized spacial score (nSPS) is 10.2. The molecule has 4 heteroatoms. The lowest BCUT2D eigenvalue weighted by molar-refractivity contribution is 0.556. The quantitative estimate of drug-likeness (QED) is 0.718. The molecule has 0 aliphatic rings. The van der Waals surface area contributed by atoms with Crippen molar-refractivity contribution >= 4 is 11.0 Å². The molecule has 64 valence electrons. The summed E-state index contributed by atoms with van der Waals surface area (Å²) in [5, 5.41) is 8.45. The van der Waals surface area contributed by atoms with Crippen LogP contribution in [0.3, 0.4) is 0 Å². The predicted molar refractivity (Wildman–Crippen MR) is 45.4 cm³/mol. The molecule has 0 radical (unpaired) electrons. The number of halogens is 1. The molecule has 2 aromatic rings. The Balaban J connectivity index is 2.56. The van der Waals surface area contributed by atoms with Gasteiger partial charge >= 0.3 is 0 Å². The number of nitrogens with zero attached hydrogens (tertiary/aromatic N) is 2. The number of nitriles is 1. The molecule has 0 aliphatic heterocycles. The molecule has 0 spiro atoms. The Morgan fingerprint density at radius 2 is 2.38 bits per heavy atom. The number of hydrogen-bond acceptors (Lipinski definition) is 2. The van der Waals surface area contributed by atoms with Crippen LogP contribution in [0.15, 0.2) is 18.2 Å². The summed E-state index contributed by atoms with van der Waals surface area (Å²) in [4.78, 5) is 6.08. The summed E-state index contributed by atoms with van der Waals surface area (Å²) in [6.45, 7) is 0. The van der Waals surface area contributed by atoms with Crippen LogP contribution in [0.25, 0.3) is 11.0 Å². The van der Waals surface area contributed by atoms with Crippen molar-refractivity contribution in [1.82, 2.24) is 9.97 Å². The molecule has 0 saturated heterocycles. The van der Waals surface area contributed by atoms with Gasteiger partial charge in [0.15, 0.2) is 0 Å². The molecule has 0 atom stereocenters. The Morgan fingerprint density at radius 3 is 3.15 bits per heavy atom. The van der Waals surface area contributed by atoms with Crippen LogP contribution in [0.4, 0.5) is 4.39 Å². The van der Waals surface area contributed by atoms with Gasteiger partial charge in [0.1, 0.15) is 0 Å². The fourth-order valence-electron chi connectivity index (χ4n) is 1.23. The van der Waals surface area contributed by atoms with E-state index in [1.54, 1.807) is 18.2 Å². The van der Waals surface area contributed by atoms with E-state index in [1.165, 1.54) is 0 Å². The van der Waals surface area contributed by atoms with Gasteiger partial charge in [0.2, 0.25) is 0 Å². The largest absolute Gasteiger partial charge is 0.314 e. The van der Waals surface area contributed by atoms with E-state index in [9.17, 15) is 4.39 Å². The van der Waals surface area contributed by atoms with E-state index in [-0.39, 0.29) is 0 Å². The summed E-state index contributed by atoms with van der Waals surface area (Å²) in [6, 6.07) is 7.22. The molecule has 3 nitrogen and oxygen atoms in total. The average molecular weight is 175 g/mol. The lowest BCUT2D eigenvalue weighted by Crippen LogP contribution is -1.80. The second kappa shape index (κ2) is 2.87. The lowest BCUT2D eigenvalue weighted by atomic mass is 10.1. The summed E-state index contributed by atoms with van der Waals surface area (Å²) < 4.78 is 12.6. The maximum Gasteiger partial charge on any atom is 0.287 e. The molecule has 1 N–H and O–H groups in total. The van der Waals surface area contributed by atoms with Gasteiger partial charge in [-0.2, -0.15) is 9.65 Å². The maximum absolute atomic E-state index is 12.6. The molecular formula is C9H6FN3. The average Bonchev–Trinajstić information content (AvgIpc) is 2.44. The van der Waals surface area contributed by atoms with Gasteiger partial charge in [-0.3, -0.25) is 0 Å². The first kappa shape index (κ1) is 7.74. The van der Waals surface area contributed by atoms with Crippen LogP contribution in [0, 0.1) is 17.4 Å². The standard InChI is InChI=1S/C9H6FN3/c10-9-12-7-2-1-6(3-4-11)5-8(7)13-9/h1-2,5H,3H2,(H,12,13). The first-order valence-electron chi connectivity index (χ1n) is 3.80. The first-order valence-corrected chi connectivity index (χ1v) is 3.80. The van der Waals surface area contributed by atoms with Gasteiger partial charge in [0.05, 0.1) is 23.5 Å². The number of fused-ring (bicyclic) bond motifs is 1. The summed E-state index contributed by atoms with van der Waals surface area (Å²) in [5.74, 6) is 0. The van der Waals surface area contributed by atoms with Crippen LogP contribution < -0.4 is 0 Å². The number of hydrogen-bond donors (Lipinski definition) is 1. The molecule has 2 rings (SSSR count). The van der Waals surface area contributed by atoms with Gasteiger partial charge in [-0.15, -0.1) is 0 Å². The molecule has 0 aliphatic carbocycles. The highest BCUT2D eigenvalue weighted by molar-refractivity contribution is 5.75. The van der Waals surface area contributed by atoms with Crippen molar-refractivity contribution in [2.45, 2.75) is 6.42 Å². The number of aromatic nitrogens is 2. The Bertz CT molecular complexity index is 481. The van der Waals surface area contributed by atoms with Crippen LogP contribution in [-0.4, -0.2) is 9.97 Å². The molecule has 13 heavy (non-hydrogen) atoms. The highest BCUT2D eigenvalue weighted by atomic mass is 19.1. The van der Waals surface area contributed by atoms with Gasteiger partial charge in [0.25, 0.3) is 6.08 Å². The van der Waals surface area contributed by atoms with Crippen molar-refractivity contribution < 1.29 is 4.39 Å². The van der Waals surface area contributed by atoms with E-state index in [1.807, 2.05) is 6.07 Å². The van der Waals surface area contributed by atoms with Crippen molar-refractivity contribution in [3.63, 3.8) is 0 Å². The minimum Gasteiger partial charge on any atom is -0.314 e. The summed E-state index contributed by atoms with van der Waals surface area (Å²) in [7, 11) is 0. The van der Waals surface area contributed by atoms with Crippen molar-refractivity contribution in [3.8, 4) is 6.07 Å². The highest BCUT2D eigenvalue weighted by Gasteiger charge is 2.01. The number of H-pyrrole nitrogens is 1. The summed E-state index contributed by atoms with van der Waals surface area (Å²) in [5.41, 5.74) is 2.07. The van der Waals surface area contributed by atoms with Crippen molar-refractivity contribution in [2.75, 3.05) is 0 Å². The molecule has 1 heterocycles. The van der Waals surface area contributed by atoms with E-state index in [2.05, 4.69) is 9.97 Å². The summed E-state index contributed by atoms with van der Waals surface area (Å²) >= 11 is 0. The smallest absolute Gasteiger partial charge is 0.287 e. The molecule has 1 aromatic heterocycles. The van der Waals surface area contributed by atoms with Gasteiger partial charge in [0, 0.05) is 0 Å². The van der Waals surface area contributed by atoms with Gasteiger partial charge < -0.3 is 4.98 Å². The maximum atomic E-state index is 12.6. The van der Waals surface area contributed by atoms with Crippen LogP contribution in [-0.2, 0) is 6.42 Å². The molecule has 0 bridgehead atoms. The monoisotopic (exact) mass is 175 g/mol. The lowest BCUT2D eigenvalue weighted by Gasteiger charge is -1.92. The zero-order chi connectivity index (χ0) is 9.26. The number of benzene rings is 1. The van der Waals surface area contributed by atoms with Crippen molar-refractivity contribution in [2.24, 2.45) is 0 Å². The molecule has 0 unspecified atom stereocenters. The zero-order valence-corrected chi connectivity index (χ0v) is 6.71. The third kappa shape index (κ3) is 1.36. The summed E-state index contributed by atoms with van der Waals surface area (Å²) in [6.07, 6.45) is -0.263. The fourth-order valence-corrected chi connectivity index (χ4v) is 1.23. The SMILES string of the molecule is N#CCc1ccc2nc(F)[nH]c2c1. The van der Waals surface area contributed by atoms with Crippen molar-refractivity contribution in [3.05, 3.63) is 29.8 Å². The number of nitrogens with one attached hydrogen (secondary N) is 1. The predicted octanol–water partition coefficient (Wildman–Crippen LogP) is 1.77. The Labute approximate surface area is 73.8 Å². The third-order valence-electron chi connectivity index (χ3n) is 1.80. The second-order valence-corrected chi connectivity index (χ2v) is 2.71. The van der Waals surface area contributed by atoms with Crippen LogP contribution in [0.2, 0.25) is 0 Å². The Morgan fingerprint density at radius 1 is 1.54 bits per heavy atom.